The van der Waals surface area contributed by atoms with E-state index in [9.17, 15) is 28.1 Å². The molecule has 0 atom stereocenters. The van der Waals surface area contributed by atoms with Crippen molar-refractivity contribution in [1.29, 1.82) is 0 Å². The average molecular weight is 472 g/mol. The molecule has 1 aliphatic heterocycles. The molecule has 1 N–H and O–H groups in total. The quantitative estimate of drug-likeness (QED) is 0.338. The summed E-state index contributed by atoms with van der Waals surface area (Å²) in [6, 6.07) is 13.3. The number of anilines is 2. The lowest BCUT2D eigenvalue weighted by molar-refractivity contribution is -0.384. The number of aryl methyl sites for hydroxylation is 1. The molecule has 4 rings (SSSR count). The van der Waals surface area contributed by atoms with Gasteiger partial charge in [-0.25, -0.2) is 13.3 Å². The van der Waals surface area contributed by atoms with Crippen molar-refractivity contribution in [1.82, 2.24) is 0 Å². The van der Waals surface area contributed by atoms with Gasteiger partial charge in [0.05, 0.1) is 26.6 Å². The lowest BCUT2D eigenvalue weighted by Gasteiger charge is -2.18. The normalized spacial score (nSPS) is 13.2. The number of nitro groups is 1. The Balaban J connectivity index is 1.61. The van der Waals surface area contributed by atoms with Gasteiger partial charge in [0.1, 0.15) is 0 Å². The zero-order valence-electron chi connectivity index (χ0n) is 16.4. The highest BCUT2D eigenvalue weighted by Crippen LogP contribution is 2.33. The van der Waals surface area contributed by atoms with Crippen LogP contribution in [0.2, 0.25) is 5.02 Å². The molecule has 0 bridgehead atoms. The monoisotopic (exact) mass is 471 g/mol. The molecule has 162 valence electrons. The minimum absolute atomic E-state index is 0.151. The largest absolute Gasteiger partial charge is 0.280 e. The van der Waals surface area contributed by atoms with Gasteiger partial charge in [-0.2, -0.15) is 0 Å². The molecular formula is C21H14ClN3O6S. The van der Waals surface area contributed by atoms with Crippen molar-refractivity contribution >= 4 is 50.5 Å². The van der Waals surface area contributed by atoms with E-state index >= 15 is 0 Å². The Hall–Kier alpha value is -3.76. The fraction of sp³-hybridized carbons (Fsp3) is 0.0476. The van der Waals surface area contributed by atoms with Gasteiger partial charge in [-0.05, 0) is 61.0 Å². The molecule has 0 aliphatic carbocycles. The number of amides is 2. The number of hydrogen-bond donors (Lipinski definition) is 1. The van der Waals surface area contributed by atoms with Crippen LogP contribution >= 0.6 is 11.6 Å². The standard InChI is InChI=1S/C21H14ClN3O6S/c1-12-10-14(23-32(30,31)16-6-4-15(5-7-16)25(28)29)3-9-19(12)24-20(26)17-8-2-13(22)11-18(17)21(24)27/h2-11,23H,1H3. The maximum Gasteiger partial charge on any atom is 0.269 e. The van der Waals surface area contributed by atoms with E-state index < -0.39 is 26.8 Å². The minimum atomic E-state index is -4.01. The third-order valence-electron chi connectivity index (χ3n) is 4.90. The maximum absolute atomic E-state index is 12.8. The minimum Gasteiger partial charge on any atom is -0.280 e. The fourth-order valence-corrected chi connectivity index (χ4v) is 4.58. The third-order valence-corrected chi connectivity index (χ3v) is 6.53. The van der Waals surface area contributed by atoms with Crippen LogP contribution in [0.5, 0.6) is 0 Å². The Bertz CT molecular complexity index is 1400. The van der Waals surface area contributed by atoms with Gasteiger partial charge in [-0.15, -0.1) is 0 Å². The second-order valence-electron chi connectivity index (χ2n) is 6.99. The number of nitrogens with zero attached hydrogens (tertiary/aromatic N) is 2. The molecule has 2 amide bonds. The van der Waals surface area contributed by atoms with Crippen LogP contribution < -0.4 is 9.62 Å². The molecule has 0 saturated heterocycles. The summed E-state index contributed by atoms with van der Waals surface area (Å²) >= 11 is 5.94. The van der Waals surface area contributed by atoms with E-state index in [-0.39, 0.29) is 27.4 Å². The number of nitro benzene ring substituents is 1. The average Bonchev–Trinajstić information content (AvgIpc) is 2.98. The number of carbonyl (C=O) groups is 2. The third kappa shape index (κ3) is 3.70. The first-order valence-electron chi connectivity index (χ1n) is 9.15. The zero-order valence-corrected chi connectivity index (χ0v) is 18.0. The van der Waals surface area contributed by atoms with Gasteiger partial charge < -0.3 is 0 Å². The highest BCUT2D eigenvalue weighted by Gasteiger charge is 2.37. The van der Waals surface area contributed by atoms with Crippen LogP contribution in [0.4, 0.5) is 17.1 Å². The molecule has 0 fully saturated rings. The number of non-ortho nitro benzene ring substituents is 1. The molecule has 0 saturated carbocycles. The number of halogens is 1. The van der Waals surface area contributed by atoms with Crippen LogP contribution in [0.3, 0.4) is 0 Å². The number of carbonyl (C=O) groups excluding carboxylic acids is 2. The summed E-state index contributed by atoms with van der Waals surface area (Å²) in [5, 5.41) is 11.1. The number of nitrogens with one attached hydrogen (secondary N) is 1. The number of rotatable bonds is 5. The van der Waals surface area contributed by atoms with Crippen LogP contribution in [0.15, 0.2) is 65.6 Å². The first kappa shape index (κ1) is 21.5. The lowest BCUT2D eigenvalue weighted by atomic mass is 10.1. The molecule has 3 aromatic rings. The Morgan fingerprint density at radius 3 is 2.22 bits per heavy atom. The fourth-order valence-electron chi connectivity index (χ4n) is 3.36. The predicted octanol–water partition coefficient (Wildman–Crippen LogP) is 4.16. The number of hydrogen-bond acceptors (Lipinski definition) is 6. The van der Waals surface area contributed by atoms with E-state index in [1.54, 1.807) is 6.92 Å². The number of imide groups is 1. The van der Waals surface area contributed by atoms with Gasteiger partial charge >= 0.3 is 0 Å². The van der Waals surface area contributed by atoms with Crippen LogP contribution in [-0.2, 0) is 10.0 Å². The first-order chi connectivity index (χ1) is 15.1. The summed E-state index contributed by atoms with van der Waals surface area (Å²) < 4.78 is 27.6. The number of sulfonamides is 1. The van der Waals surface area contributed by atoms with Crippen molar-refractivity contribution in [2.75, 3.05) is 9.62 Å². The van der Waals surface area contributed by atoms with E-state index in [2.05, 4.69) is 4.72 Å². The van der Waals surface area contributed by atoms with Crippen LogP contribution in [0.25, 0.3) is 0 Å². The molecule has 9 nitrogen and oxygen atoms in total. The van der Waals surface area contributed by atoms with E-state index in [4.69, 9.17) is 11.6 Å². The van der Waals surface area contributed by atoms with Gasteiger partial charge in [0.15, 0.2) is 0 Å². The highest BCUT2D eigenvalue weighted by atomic mass is 35.5. The van der Waals surface area contributed by atoms with E-state index in [1.807, 2.05) is 0 Å². The van der Waals surface area contributed by atoms with Crippen molar-refractivity contribution in [3.05, 3.63) is 92.5 Å². The van der Waals surface area contributed by atoms with E-state index in [0.29, 0.717) is 16.3 Å². The molecule has 1 aliphatic rings. The first-order valence-corrected chi connectivity index (χ1v) is 11.0. The Morgan fingerprint density at radius 1 is 0.938 bits per heavy atom. The molecule has 1 heterocycles. The molecule has 3 aromatic carbocycles. The topological polar surface area (TPSA) is 127 Å². The van der Waals surface area contributed by atoms with E-state index in [0.717, 1.165) is 29.2 Å². The number of fused-ring (bicyclic) bond motifs is 1. The highest BCUT2D eigenvalue weighted by molar-refractivity contribution is 7.92. The van der Waals surface area contributed by atoms with Crippen LogP contribution in [0.1, 0.15) is 26.3 Å². The summed E-state index contributed by atoms with van der Waals surface area (Å²) in [6.45, 7) is 1.63. The molecule has 0 spiro atoms. The Kier molecular flexibility index (Phi) is 5.19. The lowest BCUT2D eigenvalue weighted by Crippen LogP contribution is -2.30. The molecule has 0 unspecified atom stereocenters. The summed E-state index contributed by atoms with van der Waals surface area (Å²) in [6.07, 6.45) is 0. The molecule has 0 aromatic heterocycles. The predicted molar refractivity (Wildman–Crippen MR) is 118 cm³/mol. The molecule has 11 heteroatoms. The van der Waals surface area contributed by atoms with Gasteiger partial charge in [-0.3, -0.25) is 24.4 Å². The summed E-state index contributed by atoms with van der Waals surface area (Å²) in [5.41, 5.74) is 1.20. The van der Waals surface area contributed by atoms with Crippen LogP contribution in [-0.4, -0.2) is 25.2 Å². The number of benzene rings is 3. The molecule has 32 heavy (non-hydrogen) atoms. The summed E-state index contributed by atoms with van der Waals surface area (Å²) in [5.74, 6) is -1.02. The zero-order chi connectivity index (χ0) is 23.2. The molecular weight excluding hydrogens is 458 g/mol. The summed E-state index contributed by atoms with van der Waals surface area (Å²) in [4.78, 5) is 36.5. The van der Waals surface area contributed by atoms with Gasteiger partial charge in [-0.1, -0.05) is 11.6 Å². The smallest absolute Gasteiger partial charge is 0.269 e. The van der Waals surface area contributed by atoms with Crippen molar-refractivity contribution < 1.29 is 22.9 Å². The van der Waals surface area contributed by atoms with Crippen molar-refractivity contribution in [3.63, 3.8) is 0 Å². The Morgan fingerprint density at radius 2 is 1.59 bits per heavy atom. The van der Waals surface area contributed by atoms with Crippen LogP contribution in [0, 0.1) is 17.0 Å². The van der Waals surface area contributed by atoms with Crippen molar-refractivity contribution in [3.8, 4) is 0 Å². The van der Waals surface area contributed by atoms with Gasteiger partial charge in [0.2, 0.25) is 0 Å². The van der Waals surface area contributed by atoms with Crippen molar-refractivity contribution in [2.24, 2.45) is 0 Å². The molecule has 0 radical (unpaired) electrons. The Labute approximate surface area is 187 Å². The second-order valence-corrected chi connectivity index (χ2v) is 9.11. The SMILES string of the molecule is Cc1cc(NS(=O)(=O)c2ccc([N+](=O)[O-])cc2)ccc1N1C(=O)c2ccc(Cl)cc2C1=O. The van der Waals surface area contributed by atoms with Gasteiger partial charge in [0.25, 0.3) is 27.5 Å². The van der Waals surface area contributed by atoms with E-state index in [1.165, 1.54) is 36.4 Å². The second kappa shape index (κ2) is 7.74. The summed E-state index contributed by atoms with van der Waals surface area (Å²) in [7, 11) is -4.01. The maximum atomic E-state index is 12.8. The van der Waals surface area contributed by atoms with Gasteiger partial charge in [0, 0.05) is 22.8 Å². The van der Waals surface area contributed by atoms with Crippen molar-refractivity contribution in [2.45, 2.75) is 11.8 Å².